The Hall–Kier alpha value is -3.61. The first-order valence-electron chi connectivity index (χ1n) is 11.3. The van der Waals surface area contributed by atoms with Gasteiger partial charge in [-0.15, -0.1) is 0 Å². The van der Waals surface area contributed by atoms with E-state index >= 15 is 0 Å². The van der Waals surface area contributed by atoms with E-state index in [-0.39, 0.29) is 31.0 Å². The summed E-state index contributed by atoms with van der Waals surface area (Å²) in [6.07, 6.45) is 5.29. The second kappa shape index (κ2) is 10.3. The lowest BCUT2D eigenvalue weighted by atomic mass is 9.84. The maximum atomic E-state index is 12.2. The molecule has 2 amide bonds. The Bertz CT molecular complexity index is 1020. The van der Waals surface area contributed by atoms with Crippen LogP contribution in [0.3, 0.4) is 0 Å². The third-order valence-corrected chi connectivity index (χ3v) is 6.39. The number of carbonyl (C=O) groups is 3. The molecule has 7 nitrogen and oxygen atoms in total. The van der Waals surface area contributed by atoms with E-state index in [4.69, 9.17) is 4.74 Å². The Morgan fingerprint density at radius 3 is 2.27 bits per heavy atom. The van der Waals surface area contributed by atoms with Crippen molar-refractivity contribution in [2.45, 2.75) is 37.6 Å². The first-order valence-corrected chi connectivity index (χ1v) is 11.3. The van der Waals surface area contributed by atoms with E-state index in [0.29, 0.717) is 12.8 Å². The molecule has 0 aromatic heterocycles. The van der Waals surface area contributed by atoms with Crippen LogP contribution in [0.2, 0.25) is 0 Å². The molecule has 7 heteroatoms. The molecule has 0 bridgehead atoms. The van der Waals surface area contributed by atoms with E-state index in [2.05, 4.69) is 34.9 Å². The molecule has 1 saturated carbocycles. The number of hydrogen-bond acceptors (Lipinski definition) is 4. The summed E-state index contributed by atoms with van der Waals surface area (Å²) >= 11 is 0. The van der Waals surface area contributed by atoms with Crippen molar-refractivity contribution < 1.29 is 24.2 Å². The van der Waals surface area contributed by atoms with Crippen LogP contribution in [0.15, 0.2) is 60.7 Å². The van der Waals surface area contributed by atoms with Gasteiger partial charge >= 0.3 is 12.1 Å². The van der Waals surface area contributed by atoms with E-state index in [1.165, 1.54) is 23.3 Å². The smallest absolute Gasteiger partial charge is 0.407 e. The minimum Gasteiger partial charge on any atom is -0.481 e. The average Bonchev–Trinajstić information content (AvgIpc) is 3.14. The molecule has 0 heterocycles. The van der Waals surface area contributed by atoms with Gasteiger partial charge in [0.1, 0.15) is 6.61 Å². The molecule has 0 saturated heterocycles. The van der Waals surface area contributed by atoms with E-state index in [1.54, 1.807) is 0 Å². The Kier molecular flexibility index (Phi) is 7.07. The molecule has 1 fully saturated rings. The van der Waals surface area contributed by atoms with Gasteiger partial charge in [-0.25, -0.2) is 4.79 Å². The van der Waals surface area contributed by atoms with Crippen LogP contribution in [0.25, 0.3) is 11.1 Å². The fraction of sp³-hybridized carbons (Fsp3) is 0.346. The number of amides is 2. The van der Waals surface area contributed by atoms with Crippen molar-refractivity contribution in [1.82, 2.24) is 10.6 Å². The fourth-order valence-corrected chi connectivity index (χ4v) is 4.79. The summed E-state index contributed by atoms with van der Waals surface area (Å²) in [4.78, 5) is 35.6. The van der Waals surface area contributed by atoms with Gasteiger partial charge in [0.05, 0.1) is 5.92 Å². The highest BCUT2D eigenvalue weighted by atomic mass is 16.5. The maximum Gasteiger partial charge on any atom is 0.407 e. The molecule has 4 rings (SSSR count). The first-order chi connectivity index (χ1) is 16.0. The molecule has 2 aliphatic carbocycles. The number of alkyl carbamates (subject to hydrolysis) is 1. The predicted octanol–water partition coefficient (Wildman–Crippen LogP) is 3.84. The number of fused-ring (bicyclic) bond motifs is 3. The Morgan fingerprint density at radius 2 is 1.61 bits per heavy atom. The largest absolute Gasteiger partial charge is 0.481 e. The van der Waals surface area contributed by atoms with Crippen molar-refractivity contribution in [3.05, 3.63) is 71.8 Å². The number of nitrogens with one attached hydrogen (secondary N) is 2. The predicted molar refractivity (Wildman–Crippen MR) is 124 cm³/mol. The molecule has 0 radical (unpaired) electrons. The summed E-state index contributed by atoms with van der Waals surface area (Å²) in [6.45, 7) is 0.361. The van der Waals surface area contributed by atoms with Crippen molar-refractivity contribution >= 4 is 18.0 Å². The first kappa shape index (κ1) is 22.6. The summed E-state index contributed by atoms with van der Waals surface area (Å²) in [5.41, 5.74) is 4.62. The zero-order chi connectivity index (χ0) is 23.2. The SMILES string of the molecule is O=C(/C=C/CNC(=O)OCC1c2ccccc2-c2ccccc21)NC1CCCCC1C(=O)O. The van der Waals surface area contributed by atoms with Gasteiger partial charge in [-0.1, -0.05) is 67.4 Å². The zero-order valence-electron chi connectivity index (χ0n) is 18.3. The van der Waals surface area contributed by atoms with E-state index < -0.39 is 18.0 Å². The molecule has 2 atom stereocenters. The fourth-order valence-electron chi connectivity index (χ4n) is 4.79. The van der Waals surface area contributed by atoms with Crippen molar-refractivity contribution in [2.75, 3.05) is 13.2 Å². The maximum absolute atomic E-state index is 12.2. The lowest BCUT2D eigenvalue weighted by Crippen LogP contribution is -2.44. The van der Waals surface area contributed by atoms with Crippen molar-refractivity contribution in [2.24, 2.45) is 5.92 Å². The Labute approximate surface area is 192 Å². The second-order valence-corrected chi connectivity index (χ2v) is 8.45. The standard InChI is InChI=1S/C26H28N2O5/c29-24(28-23-13-6-5-12-21(23)25(30)31)14-7-15-27-26(32)33-16-22-19-10-3-1-8-17(19)18-9-2-4-11-20(18)22/h1-4,7-11,14,21-23H,5-6,12-13,15-16H2,(H,27,32)(H,28,29)(H,30,31)/b14-7+. The average molecular weight is 449 g/mol. The molecule has 33 heavy (non-hydrogen) atoms. The second-order valence-electron chi connectivity index (χ2n) is 8.45. The number of carbonyl (C=O) groups excluding carboxylic acids is 2. The van der Waals surface area contributed by atoms with Crippen LogP contribution in [0, 0.1) is 5.92 Å². The quantitative estimate of drug-likeness (QED) is 0.558. The molecule has 2 aromatic carbocycles. The van der Waals surface area contributed by atoms with Crippen molar-refractivity contribution in [3.63, 3.8) is 0 Å². The van der Waals surface area contributed by atoms with Crippen LogP contribution in [0.4, 0.5) is 4.79 Å². The molecule has 2 unspecified atom stereocenters. The Morgan fingerprint density at radius 1 is 0.970 bits per heavy atom. The van der Waals surface area contributed by atoms with Crippen LogP contribution in [-0.4, -0.2) is 42.3 Å². The number of hydrogen-bond donors (Lipinski definition) is 3. The number of benzene rings is 2. The number of carboxylic acid groups (broad SMARTS) is 1. The monoisotopic (exact) mass is 448 g/mol. The highest BCUT2D eigenvalue weighted by Gasteiger charge is 2.31. The van der Waals surface area contributed by atoms with Crippen LogP contribution in [-0.2, 0) is 14.3 Å². The third kappa shape index (κ3) is 5.25. The minimum atomic E-state index is -0.874. The molecule has 3 N–H and O–H groups in total. The van der Waals surface area contributed by atoms with Crippen molar-refractivity contribution in [1.29, 1.82) is 0 Å². The number of rotatable bonds is 7. The van der Waals surface area contributed by atoms with Gasteiger partial charge in [-0.3, -0.25) is 9.59 Å². The van der Waals surface area contributed by atoms with Crippen LogP contribution < -0.4 is 10.6 Å². The molecule has 2 aromatic rings. The highest BCUT2D eigenvalue weighted by Crippen LogP contribution is 2.44. The molecular weight excluding hydrogens is 420 g/mol. The number of ether oxygens (including phenoxy) is 1. The summed E-state index contributed by atoms with van der Waals surface area (Å²) in [6, 6.07) is 15.9. The van der Waals surface area contributed by atoms with Crippen LogP contribution in [0.5, 0.6) is 0 Å². The molecule has 2 aliphatic rings. The van der Waals surface area contributed by atoms with E-state index in [1.807, 2.05) is 24.3 Å². The van der Waals surface area contributed by atoms with Gasteiger partial charge in [0.2, 0.25) is 5.91 Å². The van der Waals surface area contributed by atoms with Crippen LogP contribution >= 0.6 is 0 Å². The summed E-state index contributed by atoms with van der Waals surface area (Å²) in [5, 5.41) is 14.7. The Balaban J connectivity index is 1.24. The summed E-state index contributed by atoms with van der Waals surface area (Å²) in [5.74, 6) is -1.79. The van der Waals surface area contributed by atoms with Gasteiger partial charge in [0.25, 0.3) is 0 Å². The third-order valence-electron chi connectivity index (χ3n) is 6.39. The van der Waals surface area contributed by atoms with E-state index in [0.717, 1.165) is 24.0 Å². The number of carboxylic acids is 1. The molecule has 172 valence electrons. The van der Waals surface area contributed by atoms with Gasteiger partial charge in [-0.05, 0) is 35.1 Å². The minimum absolute atomic E-state index is 0.0119. The zero-order valence-corrected chi connectivity index (χ0v) is 18.3. The molecule has 0 spiro atoms. The van der Waals surface area contributed by atoms with Gasteiger partial charge in [0, 0.05) is 24.6 Å². The summed E-state index contributed by atoms with van der Waals surface area (Å²) < 4.78 is 5.46. The van der Waals surface area contributed by atoms with Gasteiger partial charge in [0.15, 0.2) is 0 Å². The number of aliphatic carboxylic acids is 1. The van der Waals surface area contributed by atoms with Crippen LogP contribution in [0.1, 0.15) is 42.7 Å². The molecule has 0 aliphatic heterocycles. The van der Waals surface area contributed by atoms with Gasteiger partial charge in [-0.2, -0.15) is 0 Å². The highest BCUT2D eigenvalue weighted by molar-refractivity contribution is 5.88. The molecular formula is C26H28N2O5. The lowest BCUT2D eigenvalue weighted by molar-refractivity contribution is -0.144. The van der Waals surface area contributed by atoms with E-state index in [9.17, 15) is 19.5 Å². The van der Waals surface area contributed by atoms with Crippen molar-refractivity contribution in [3.8, 4) is 11.1 Å². The topological polar surface area (TPSA) is 105 Å². The normalized spacial score (nSPS) is 19.5. The summed E-state index contributed by atoms with van der Waals surface area (Å²) in [7, 11) is 0. The van der Waals surface area contributed by atoms with Gasteiger partial charge < -0.3 is 20.5 Å². The lowest BCUT2D eigenvalue weighted by Gasteiger charge is -2.28.